The van der Waals surface area contributed by atoms with Crippen molar-refractivity contribution in [1.82, 2.24) is 4.90 Å². The van der Waals surface area contributed by atoms with E-state index in [4.69, 9.17) is 0 Å². The van der Waals surface area contributed by atoms with Gasteiger partial charge < -0.3 is 4.55 Å². The molecule has 1 aliphatic heterocycles. The van der Waals surface area contributed by atoms with Crippen LogP contribution in [0.5, 0.6) is 0 Å². The van der Waals surface area contributed by atoms with Gasteiger partial charge in [-0.2, -0.15) is 4.39 Å². The molecule has 27 heavy (non-hydrogen) atoms. The Labute approximate surface area is 156 Å². The highest BCUT2D eigenvalue weighted by Gasteiger charge is 2.40. The Balaban J connectivity index is 2.45. The highest BCUT2D eigenvalue weighted by Crippen LogP contribution is 2.33. The Kier molecular flexibility index (Phi) is 7.03. The van der Waals surface area contributed by atoms with Crippen molar-refractivity contribution in [2.45, 2.75) is 36.5 Å². The maximum atomic E-state index is 13.9. The first-order valence-corrected chi connectivity index (χ1v) is 9.33. The van der Waals surface area contributed by atoms with Crippen LogP contribution in [0.2, 0.25) is 0 Å². The third-order valence-corrected chi connectivity index (χ3v) is 5.64. The van der Waals surface area contributed by atoms with Gasteiger partial charge in [0, 0.05) is 17.2 Å². The second-order valence-electron chi connectivity index (χ2n) is 5.21. The third-order valence-electron chi connectivity index (χ3n) is 3.34. The summed E-state index contributed by atoms with van der Waals surface area (Å²) in [7, 11) is 0. The molecule has 0 radical (unpaired) electrons. The number of nitrogens with zero attached hydrogens (tertiary/aromatic N) is 2. The Hall–Kier alpha value is -1.47. The van der Waals surface area contributed by atoms with Crippen LogP contribution >= 0.6 is 11.8 Å². The maximum absolute atomic E-state index is 13.9. The molecule has 0 aliphatic carbocycles. The number of thioether (sulfide) groups is 1. The van der Waals surface area contributed by atoms with E-state index in [0.29, 0.717) is 17.8 Å². The minimum atomic E-state index is -3.63. The van der Waals surface area contributed by atoms with Crippen molar-refractivity contribution in [3.8, 4) is 0 Å². The number of benzene rings is 1. The zero-order valence-corrected chi connectivity index (χ0v) is 15.0. The second kappa shape index (κ2) is 8.69. The van der Waals surface area contributed by atoms with E-state index in [1.807, 2.05) is 0 Å². The zero-order valence-electron chi connectivity index (χ0n) is 13.3. The lowest BCUT2D eigenvalue weighted by Gasteiger charge is -2.20. The second-order valence-corrected chi connectivity index (χ2v) is 7.63. The standard InChI is InChI=1S/C14H11F7N2O2S2/c1-5-2-6(15)8(27(25)13(21)11(18)19)3-7(5)22-14-23(9(24)4-26-14)12(20)10(16)17/h2-3,10-13H,4H2,1H3/b22-14-/t12?,13?,27-/m1/s1. The SMILES string of the molecule is Cc1cc(F)c([S@@+]([O-])C(F)C(F)F)cc1/N=C1\SCC(=O)N1C(F)C(F)F. The molecule has 1 heterocycles. The first-order chi connectivity index (χ1) is 12.5. The van der Waals surface area contributed by atoms with Gasteiger partial charge in [-0.05, 0) is 18.6 Å². The average molecular weight is 436 g/mol. The van der Waals surface area contributed by atoms with Crippen LogP contribution in [0.15, 0.2) is 22.0 Å². The third kappa shape index (κ3) is 4.69. The van der Waals surface area contributed by atoms with E-state index >= 15 is 0 Å². The van der Waals surface area contributed by atoms with Crippen LogP contribution in [0, 0.1) is 12.7 Å². The Morgan fingerprint density at radius 1 is 1.19 bits per heavy atom. The van der Waals surface area contributed by atoms with Crippen LogP contribution in [0.3, 0.4) is 0 Å². The average Bonchev–Trinajstić information content (AvgIpc) is 2.95. The van der Waals surface area contributed by atoms with Crippen LogP contribution < -0.4 is 0 Å². The van der Waals surface area contributed by atoms with Gasteiger partial charge in [0.2, 0.25) is 12.2 Å². The molecule has 1 saturated heterocycles. The largest absolute Gasteiger partial charge is 0.609 e. The number of carbonyl (C=O) groups excluding carboxylic acids is 1. The van der Waals surface area contributed by atoms with E-state index in [9.17, 15) is 40.1 Å². The molecule has 0 bridgehead atoms. The number of aryl methyl sites for hydroxylation is 1. The van der Waals surface area contributed by atoms with Crippen LogP contribution in [-0.4, -0.2) is 50.9 Å². The molecule has 4 nitrogen and oxygen atoms in total. The molecular formula is C14H11F7N2O2S2. The highest BCUT2D eigenvalue weighted by atomic mass is 32.2. The maximum Gasteiger partial charge on any atom is 0.318 e. The zero-order chi connectivity index (χ0) is 20.5. The summed E-state index contributed by atoms with van der Waals surface area (Å²) in [5, 5.41) is -0.468. The Morgan fingerprint density at radius 2 is 1.81 bits per heavy atom. The fourth-order valence-corrected chi connectivity index (χ4v) is 3.85. The fourth-order valence-electron chi connectivity index (χ4n) is 2.05. The van der Waals surface area contributed by atoms with Crippen molar-refractivity contribution >= 4 is 39.7 Å². The molecule has 1 aromatic carbocycles. The van der Waals surface area contributed by atoms with Gasteiger partial charge in [0.25, 0.3) is 6.43 Å². The van der Waals surface area contributed by atoms with Crippen molar-refractivity contribution in [1.29, 1.82) is 0 Å². The number of hydrogen-bond acceptors (Lipinski definition) is 4. The quantitative estimate of drug-likeness (QED) is 0.386. The van der Waals surface area contributed by atoms with Gasteiger partial charge in [-0.3, -0.25) is 9.69 Å². The van der Waals surface area contributed by atoms with Gasteiger partial charge in [-0.1, -0.05) is 11.8 Å². The van der Waals surface area contributed by atoms with E-state index in [0.717, 1.165) is 6.07 Å². The van der Waals surface area contributed by atoms with Gasteiger partial charge in [0.15, 0.2) is 15.9 Å². The summed E-state index contributed by atoms with van der Waals surface area (Å²) >= 11 is -2.44. The molecule has 0 aromatic heterocycles. The van der Waals surface area contributed by atoms with Crippen molar-refractivity contribution in [3.63, 3.8) is 0 Å². The molecule has 1 amide bonds. The van der Waals surface area contributed by atoms with Crippen LogP contribution in [0.1, 0.15) is 5.56 Å². The summed E-state index contributed by atoms with van der Waals surface area (Å²) in [4.78, 5) is 14.6. The molecule has 1 aromatic rings. The molecule has 13 heteroatoms. The molecule has 3 atom stereocenters. The van der Waals surface area contributed by atoms with E-state index < -0.39 is 57.6 Å². The molecule has 150 valence electrons. The number of aliphatic imine (C=N–C) groups is 1. The minimum Gasteiger partial charge on any atom is -0.609 e. The number of carbonyl (C=O) groups is 1. The summed E-state index contributed by atoms with van der Waals surface area (Å²) in [5.74, 6) is -2.58. The van der Waals surface area contributed by atoms with Crippen LogP contribution in [0.25, 0.3) is 0 Å². The lowest BCUT2D eigenvalue weighted by Crippen LogP contribution is -2.41. The molecule has 1 fully saturated rings. The summed E-state index contributed by atoms with van der Waals surface area (Å²) in [6.07, 6.45) is -10.1. The highest BCUT2D eigenvalue weighted by molar-refractivity contribution is 8.15. The van der Waals surface area contributed by atoms with Crippen molar-refractivity contribution < 1.29 is 40.1 Å². The Morgan fingerprint density at radius 3 is 2.37 bits per heavy atom. The summed E-state index contributed by atoms with van der Waals surface area (Å²) < 4.78 is 103. The van der Waals surface area contributed by atoms with Crippen molar-refractivity contribution in [3.05, 3.63) is 23.5 Å². The van der Waals surface area contributed by atoms with Gasteiger partial charge in [-0.25, -0.2) is 31.3 Å². The van der Waals surface area contributed by atoms with Crippen LogP contribution in [0.4, 0.5) is 36.4 Å². The molecular weight excluding hydrogens is 425 g/mol. The number of amidine groups is 1. The van der Waals surface area contributed by atoms with Crippen molar-refractivity contribution in [2.75, 3.05) is 5.75 Å². The first kappa shape index (κ1) is 21.8. The lowest BCUT2D eigenvalue weighted by molar-refractivity contribution is -0.132. The first-order valence-electron chi connectivity index (χ1n) is 7.13. The summed E-state index contributed by atoms with van der Waals surface area (Å²) in [6.45, 7) is 1.29. The van der Waals surface area contributed by atoms with E-state index in [1.165, 1.54) is 6.92 Å². The molecule has 2 unspecified atom stereocenters. The van der Waals surface area contributed by atoms with E-state index in [2.05, 4.69) is 4.99 Å². The number of hydrogen-bond donors (Lipinski definition) is 0. The number of amides is 1. The lowest BCUT2D eigenvalue weighted by atomic mass is 10.2. The molecule has 0 N–H and O–H groups in total. The van der Waals surface area contributed by atoms with Gasteiger partial charge in [0.1, 0.15) is 0 Å². The normalized spacial score (nSPS) is 20.0. The monoisotopic (exact) mass is 436 g/mol. The summed E-state index contributed by atoms with van der Waals surface area (Å²) in [5.41, 5.74) is -3.37. The van der Waals surface area contributed by atoms with Gasteiger partial charge in [0.05, 0.1) is 11.4 Å². The molecule has 2 rings (SSSR count). The molecule has 0 spiro atoms. The van der Waals surface area contributed by atoms with Crippen LogP contribution in [-0.2, 0) is 16.0 Å². The predicted octanol–water partition coefficient (Wildman–Crippen LogP) is 3.93. The Bertz CT molecular complexity index is 750. The topological polar surface area (TPSA) is 55.7 Å². The van der Waals surface area contributed by atoms with E-state index in [-0.39, 0.29) is 21.9 Å². The summed E-state index contributed by atoms with van der Waals surface area (Å²) in [6, 6.07) is 1.43. The number of rotatable bonds is 6. The molecule has 0 saturated carbocycles. The smallest absolute Gasteiger partial charge is 0.318 e. The minimum absolute atomic E-state index is 0.0422. The molecule has 1 aliphatic rings. The fraction of sp³-hybridized carbons (Fsp3) is 0.429. The number of alkyl halides is 6. The van der Waals surface area contributed by atoms with Gasteiger partial charge in [-0.15, -0.1) is 0 Å². The number of halogens is 7. The van der Waals surface area contributed by atoms with E-state index in [1.54, 1.807) is 0 Å². The van der Waals surface area contributed by atoms with Gasteiger partial charge >= 0.3 is 11.9 Å². The van der Waals surface area contributed by atoms with Crippen molar-refractivity contribution in [2.24, 2.45) is 4.99 Å². The predicted molar refractivity (Wildman–Crippen MR) is 85.7 cm³/mol.